The molecule has 0 unspecified atom stereocenters. The average Bonchev–Trinajstić information content (AvgIpc) is 3.38. The predicted octanol–water partition coefficient (Wildman–Crippen LogP) is 4.12. The number of nitrogens with two attached hydrogens (primary N) is 1. The smallest absolute Gasteiger partial charge is 0.277 e. The Bertz CT molecular complexity index is 1370. The highest BCUT2D eigenvalue weighted by Gasteiger charge is 2.34. The molecule has 2 aromatic carbocycles. The number of amides is 1. The molecule has 0 aliphatic rings. The number of nitriles is 1. The highest BCUT2D eigenvalue weighted by Crippen LogP contribution is 2.33. The Morgan fingerprint density at radius 3 is 2.53 bits per heavy atom. The normalized spacial score (nSPS) is 12.8. The van der Waals surface area contributed by atoms with E-state index in [1.54, 1.807) is 37.4 Å². The van der Waals surface area contributed by atoms with E-state index in [0.717, 1.165) is 14.9 Å². The minimum Gasteiger partial charge on any atom is -0.369 e. The number of thiazole rings is 1. The molecule has 0 bridgehead atoms. The van der Waals surface area contributed by atoms with Crippen molar-refractivity contribution in [1.82, 2.24) is 14.8 Å². The van der Waals surface area contributed by atoms with E-state index in [-0.39, 0.29) is 5.56 Å². The lowest BCUT2D eigenvalue weighted by Crippen LogP contribution is -2.31. The number of aromatic nitrogens is 3. The number of nitrogens with zero attached hydrogens (tertiary/aromatic N) is 3. The van der Waals surface area contributed by atoms with E-state index < -0.39 is 17.7 Å². The third kappa shape index (κ3) is 4.02. The van der Waals surface area contributed by atoms with Gasteiger partial charge in [0.15, 0.2) is 0 Å². The molecule has 2 heterocycles. The summed E-state index contributed by atoms with van der Waals surface area (Å²) in [5, 5.41) is 13.2. The molecule has 0 radical (unpaired) electrons. The lowest BCUT2D eigenvalue weighted by atomic mass is 9.81. The molecule has 3 N–H and O–H groups in total. The SMILES string of the molecule is Cc1[nH]n(-c2ncc(-c3ccc(Br)cc3)s2)c(=O)c1[C@@H](c1ccccc1)[C@@H](C#N)C(N)=O. The quantitative estimate of drug-likeness (QED) is 0.408. The Morgan fingerprint density at radius 1 is 1.22 bits per heavy atom. The van der Waals surface area contributed by atoms with Crippen molar-refractivity contribution in [3.05, 3.63) is 92.4 Å². The number of carbonyl (C=O) groups is 1. The fraction of sp³-hybridized carbons (Fsp3) is 0.130. The summed E-state index contributed by atoms with van der Waals surface area (Å²) >= 11 is 4.78. The van der Waals surface area contributed by atoms with Crippen molar-refractivity contribution in [3.63, 3.8) is 0 Å². The van der Waals surface area contributed by atoms with E-state index in [1.165, 1.54) is 16.0 Å². The van der Waals surface area contributed by atoms with Gasteiger partial charge in [-0.1, -0.05) is 69.7 Å². The lowest BCUT2D eigenvalue weighted by Gasteiger charge is -2.19. The van der Waals surface area contributed by atoms with Crippen LogP contribution in [0, 0.1) is 24.2 Å². The molecule has 0 saturated carbocycles. The van der Waals surface area contributed by atoms with Crippen LogP contribution in [0.3, 0.4) is 0 Å². The van der Waals surface area contributed by atoms with Gasteiger partial charge in [0.05, 0.1) is 10.9 Å². The van der Waals surface area contributed by atoms with Crippen LogP contribution in [0.5, 0.6) is 0 Å². The number of nitrogens with one attached hydrogen (secondary N) is 1. The Morgan fingerprint density at radius 2 is 1.91 bits per heavy atom. The van der Waals surface area contributed by atoms with Crippen molar-refractivity contribution in [2.24, 2.45) is 11.7 Å². The van der Waals surface area contributed by atoms with Crippen molar-refractivity contribution in [1.29, 1.82) is 5.26 Å². The van der Waals surface area contributed by atoms with Gasteiger partial charge in [-0.05, 0) is 30.2 Å². The summed E-state index contributed by atoms with van der Waals surface area (Å²) in [6.07, 6.45) is 1.71. The standard InChI is InChI=1S/C23H18BrN5O2S/c1-13-19(20(17(11-25)21(26)30)15-5-3-2-4-6-15)22(31)29(28-13)23-27-12-18(32-23)14-7-9-16(24)10-8-14/h2-10,12,17,20,28H,1H3,(H2,26,30)/t17-,20+/m1/s1. The minimum absolute atomic E-state index is 0.321. The fourth-order valence-corrected chi connectivity index (χ4v) is 4.81. The molecule has 0 aliphatic carbocycles. The van der Waals surface area contributed by atoms with Crippen LogP contribution in [0.2, 0.25) is 0 Å². The van der Waals surface area contributed by atoms with E-state index >= 15 is 0 Å². The van der Waals surface area contributed by atoms with Gasteiger partial charge in [0, 0.05) is 27.8 Å². The van der Waals surface area contributed by atoms with Crippen LogP contribution in [0.25, 0.3) is 15.6 Å². The second-order valence-electron chi connectivity index (χ2n) is 7.20. The molecule has 32 heavy (non-hydrogen) atoms. The Hall–Kier alpha value is -3.48. The maximum absolute atomic E-state index is 13.5. The number of carbonyl (C=O) groups excluding carboxylic acids is 1. The topological polar surface area (TPSA) is 118 Å². The zero-order valence-electron chi connectivity index (χ0n) is 16.9. The summed E-state index contributed by atoms with van der Waals surface area (Å²) < 4.78 is 2.32. The molecule has 0 spiro atoms. The molecule has 2 aromatic heterocycles. The molecular weight excluding hydrogens is 490 g/mol. The number of primary amides is 1. The summed E-state index contributed by atoms with van der Waals surface area (Å²) in [5.74, 6) is -2.77. The summed E-state index contributed by atoms with van der Waals surface area (Å²) in [7, 11) is 0. The van der Waals surface area contributed by atoms with Crippen LogP contribution in [0.1, 0.15) is 22.7 Å². The Kier molecular flexibility index (Phi) is 6.08. The van der Waals surface area contributed by atoms with Crippen molar-refractivity contribution in [2.75, 3.05) is 0 Å². The lowest BCUT2D eigenvalue weighted by molar-refractivity contribution is -0.120. The van der Waals surface area contributed by atoms with Gasteiger partial charge in [-0.25, -0.2) is 4.98 Å². The Labute approximate surface area is 196 Å². The monoisotopic (exact) mass is 507 g/mol. The predicted molar refractivity (Wildman–Crippen MR) is 127 cm³/mol. The van der Waals surface area contributed by atoms with Gasteiger partial charge in [0.25, 0.3) is 5.56 Å². The number of hydrogen-bond acceptors (Lipinski definition) is 5. The fourth-order valence-electron chi connectivity index (χ4n) is 3.66. The Balaban J connectivity index is 1.82. The zero-order chi connectivity index (χ0) is 22.8. The second-order valence-corrected chi connectivity index (χ2v) is 9.13. The first-order valence-corrected chi connectivity index (χ1v) is 11.3. The molecule has 7 nitrogen and oxygen atoms in total. The highest BCUT2D eigenvalue weighted by molar-refractivity contribution is 9.10. The zero-order valence-corrected chi connectivity index (χ0v) is 19.4. The third-order valence-corrected chi connectivity index (χ3v) is 6.74. The molecule has 0 aliphatic heterocycles. The second kappa shape index (κ2) is 8.94. The molecule has 4 rings (SSSR count). The number of aromatic amines is 1. The largest absolute Gasteiger partial charge is 0.369 e. The molecule has 2 atom stereocenters. The van der Waals surface area contributed by atoms with E-state index in [0.29, 0.717) is 22.0 Å². The number of H-pyrrole nitrogens is 1. The van der Waals surface area contributed by atoms with E-state index in [9.17, 15) is 14.9 Å². The third-order valence-electron chi connectivity index (χ3n) is 5.18. The van der Waals surface area contributed by atoms with Crippen LogP contribution in [0.4, 0.5) is 0 Å². The number of aryl methyl sites for hydroxylation is 1. The van der Waals surface area contributed by atoms with Crippen LogP contribution in [-0.2, 0) is 4.79 Å². The van der Waals surface area contributed by atoms with Crippen LogP contribution < -0.4 is 11.3 Å². The summed E-state index contributed by atoms with van der Waals surface area (Å²) in [6.45, 7) is 1.74. The maximum atomic E-state index is 13.5. The first kappa shape index (κ1) is 21.7. The van der Waals surface area contributed by atoms with Crippen molar-refractivity contribution < 1.29 is 4.79 Å². The molecular formula is C23H18BrN5O2S. The summed E-state index contributed by atoms with van der Waals surface area (Å²) in [4.78, 5) is 30.9. The van der Waals surface area contributed by atoms with Crippen LogP contribution >= 0.6 is 27.3 Å². The van der Waals surface area contributed by atoms with Crippen molar-refractivity contribution in [2.45, 2.75) is 12.8 Å². The van der Waals surface area contributed by atoms with E-state index in [1.807, 2.05) is 36.4 Å². The molecule has 9 heteroatoms. The number of benzene rings is 2. The van der Waals surface area contributed by atoms with Crippen LogP contribution in [0.15, 0.2) is 70.1 Å². The summed E-state index contributed by atoms with van der Waals surface area (Å²) in [6, 6.07) is 18.8. The highest BCUT2D eigenvalue weighted by atomic mass is 79.9. The molecule has 1 amide bonds. The van der Waals surface area contributed by atoms with Gasteiger partial charge in [-0.15, -0.1) is 0 Å². The molecule has 4 aromatic rings. The average molecular weight is 508 g/mol. The van der Waals surface area contributed by atoms with Crippen molar-refractivity contribution in [3.8, 4) is 21.6 Å². The van der Waals surface area contributed by atoms with Gasteiger partial charge in [0.1, 0.15) is 5.92 Å². The van der Waals surface area contributed by atoms with E-state index in [2.05, 4.69) is 26.0 Å². The first-order valence-electron chi connectivity index (χ1n) is 9.68. The molecule has 160 valence electrons. The van der Waals surface area contributed by atoms with E-state index in [4.69, 9.17) is 5.73 Å². The number of hydrogen-bond donors (Lipinski definition) is 2. The summed E-state index contributed by atoms with van der Waals surface area (Å²) in [5.41, 5.74) is 7.67. The maximum Gasteiger partial charge on any atom is 0.277 e. The van der Waals surface area contributed by atoms with Gasteiger partial charge in [-0.3, -0.25) is 14.7 Å². The number of rotatable bonds is 6. The van der Waals surface area contributed by atoms with Gasteiger partial charge >= 0.3 is 0 Å². The van der Waals surface area contributed by atoms with Crippen molar-refractivity contribution >= 4 is 33.2 Å². The van der Waals surface area contributed by atoms with Gasteiger partial charge in [0.2, 0.25) is 11.0 Å². The first-order chi connectivity index (χ1) is 15.4. The minimum atomic E-state index is -1.19. The van der Waals surface area contributed by atoms with Gasteiger partial charge < -0.3 is 5.73 Å². The van der Waals surface area contributed by atoms with Crippen LogP contribution in [-0.4, -0.2) is 20.7 Å². The number of halogens is 1. The molecule has 0 saturated heterocycles. The van der Waals surface area contributed by atoms with Gasteiger partial charge in [-0.2, -0.15) is 9.94 Å². The molecule has 0 fully saturated rings.